The summed E-state index contributed by atoms with van der Waals surface area (Å²) in [7, 11) is 0. The number of hydrogen-bond acceptors (Lipinski definition) is 1. The minimum Gasteiger partial charge on any atom is -0.310 e. The molecule has 0 heterocycles. The summed E-state index contributed by atoms with van der Waals surface area (Å²) in [5.41, 5.74) is 16.2. The molecule has 0 bridgehead atoms. The van der Waals surface area contributed by atoms with Gasteiger partial charge in [-0.3, -0.25) is 0 Å². The van der Waals surface area contributed by atoms with Crippen LogP contribution >= 0.6 is 0 Å². The highest BCUT2D eigenvalue weighted by molar-refractivity contribution is 6.03. The smallest absolute Gasteiger partial charge is 0.0714 e. The van der Waals surface area contributed by atoms with E-state index in [-0.39, 0.29) is 5.41 Å². The van der Waals surface area contributed by atoms with Crippen molar-refractivity contribution in [3.63, 3.8) is 0 Å². The molecule has 0 aliphatic heterocycles. The molecule has 10 rings (SSSR count). The van der Waals surface area contributed by atoms with Crippen molar-refractivity contribution in [1.82, 2.24) is 0 Å². The fraction of sp³-hybridized carbons (Fsp3) is 0.193. The third-order valence-corrected chi connectivity index (χ3v) is 13.1. The predicted octanol–water partition coefficient (Wildman–Crippen LogP) is 15.7. The SMILES string of the molecule is CC(C)(C)c1ccc(N(c2ccc3c(c2)C(c2ccccc2)(c2ccccc2)c2ccccc2-3)c2ccccc2-c2cccc3cccc(C4CCCCC4)c23)cc1. The lowest BCUT2D eigenvalue weighted by Gasteiger charge is -2.35. The number of nitrogens with zero attached hydrogens (tertiary/aromatic N) is 1. The lowest BCUT2D eigenvalue weighted by molar-refractivity contribution is 0.445. The summed E-state index contributed by atoms with van der Waals surface area (Å²) >= 11 is 0. The minimum atomic E-state index is -0.490. The van der Waals surface area contributed by atoms with E-state index in [1.165, 1.54) is 104 Å². The van der Waals surface area contributed by atoms with Crippen LogP contribution in [0.3, 0.4) is 0 Å². The molecule has 2 aliphatic rings. The zero-order valence-corrected chi connectivity index (χ0v) is 34.0. The number of benzene rings is 8. The van der Waals surface area contributed by atoms with E-state index in [1.807, 2.05) is 0 Å². The van der Waals surface area contributed by atoms with Crippen LogP contribution < -0.4 is 4.90 Å². The van der Waals surface area contributed by atoms with Crippen molar-refractivity contribution in [1.29, 1.82) is 0 Å². The van der Waals surface area contributed by atoms with E-state index in [0.29, 0.717) is 5.92 Å². The Labute approximate surface area is 344 Å². The molecular weight excluding hydrogens is 699 g/mol. The normalized spacial score (nSPS) is 14.9. The lowest BCUT2D eigenvalue weighted by Crippen LogP contribution is -2.28. The van der Waals surface area contributed by atoms with Crippen molar-refractivity contribution >= 4 is 27.8 Å². The Hall–Kier alpha value is -6.18. The van der Waals surface area contributed by atoms with Gasteiger partial charge in [-0.2, -0.15) is 0 Å². The Kier molecular flexibility index (Phi) is 9.13. The van der Waals surface area contributed by atoms with Crippen LogP contribution in [0.1, 0.15) is 92.2 Å². The van der Waals surface area contributed by atoms with E-state index in [4.69, 9.17) is 0 Å². The van der Waals surface area contributed by atoms with Crippen LogP contribution in [-0.4, -0.2) is 0 Å². The van der Waals surface area contributed by atoms with Crippen molar-refractivity contribution in [3.8, 4) is 22.3 Å². The van der Waals surface area contributed by atoms with E-state index in [1.54, 1.807) is 0 Å². The van der Waals surface area contributed by atoms with Crippen LogP contribution in [0.2, 0.25) is 0 Å². The van der Waals surface area contributed by atoms with Crippen LogP contribution in [0.25, 0.3) is 33.0 Å². The Balaban J connectivity index is 1.24. The van der Waals surface area contributed by atoms with Gasteiger partial charge in [0.25, 0.3) is 0 Å². The molecule has 0 saturated heterocycles. The zero-order valence-electron chi connectivity index (χ0n) is 34.0. The summed E-state index contributed by atoms with van der Waals surface area (Å²) in [5, 5.41) is 2.73. The van der Waals surface area contributed by atoms with Gasteiger partial charge in [-0.15, -0.1) is 0 Å². The molecule has 58 heavy (non-hydrogen) atoms. The van der Waals surface area contributed by atoms with Crippen molar-refractivity contribution in [2.24, 2.45) is 0 Å². The first-order chi connectivity index (χ1) is 28.4. The number of para-hydroxylation sites is 1. The molecule has 0 N–H and O–H groups in total. The highest BCUT2D eigenvalue weighted by Crippen LogP contribution is 2.57. The van der Waals surface area contributed by atoms with E-state index in [0.717, 1.165) is 11.4 Å². The molecule has 0 aromatic heterocycles. The molecule has 0 unspecified atom stereocenters. The average molecular weight is 750 g/mol. The molecule has 2 aliphatic carbocycles. The van der Waals surface area contributed by atoms with Gasteiger partial charge >= 0.3 is 0 Å². The zero-order chi connectivity index (χ0) is 39.3. The largest absolute Gasteiger partial charge is 0.310 e. The molecule has 284 valence electrons. The van der Waals surface area contributed by atoms with Gasteiger partial charge in [0, 0.05) is 16.9 Å². The maximum absolute atomic E-state index is 2.52. The molecule has 0 atom stereocenters. The van der Waals surface area contributed by atoms with Crippen LogP contribution in [0, 0.1) is 0 Å². The Morgan fingerprint density at radius 3 is 1.72 bits per heavy atom. The third-order valence-electron chi connectivity index (χ3n) is 13.1. The van der Waals surface area contributed by atoms with Crippen molar-refractivity contribution in [2.45, 2.75) is 69.6 Å². The molecule has 0 amide bonds. The first kappa shape index (κ1) is 36.2. The van der Waals surface area contributed by atoms with Crippen molar-refractivity contribution in [3.05, 3.63) is 221 Å². The molecule has 1 heteroatoms. The summed E-state index contributed by atoms with van der Waals surface area (Å²) in [6, 6.07) is 70.9. The van der Waals surface area contributed by atoms with Crippen LogP contribution in [0.15, 0.2) is 188 Å². The average Bonchev–Trinajstić information content (AvgIpc) is 3.57. The second-order valence-corrected chi connectivity index (χ2v) is 17.5. The maximum atomic E-state index is 2.52. The molecule has 0 spiro atoms. The highest BCUT2D eigenvalue weighted by Gasteiger charge is 2.46. The maximum Gasteiger partial charge on any atom is 0.0714 e. The predicted molar refractivity (Wildman–Crippen MR) is 246 cm³/mol. The van der Waals surface area contributed by atoms with Gasteiger partial charge < -0.3 is 4.90 Å². The Bertz CT molecular complexity index is 2680. The Morgan fingerprint density at radius 2 is 1.03 bits per heavy atom. The number of rotatable bonds is 7. The standard InChI is InChI=1S/C57H51N/c1-56(2,3)42-33-35-45(36-34-42)58(54-32-16-14-28-50(54)51-30-18-22-41-21-17-29-47(55(41)51)40-19-7-4-8-20-40)46-37-38-49-48-27-13-15-31-52(48)57(53(49)39-46,43-23-9-5-10-24-43)44-25-11-6-12-26-44/h5-6,9-18,21-40H,4,7-8,19-20H2,1-3H3. The first-order valence-electron chi connectivity index (χ1n) is 21.3. The quantitative estimate of drug-likeness (QED) is 0.157. The molecule has 1 fully saturated rings. The number of anilines is 3. The van der Waals surface area contributed by atoms with Gasteiger partial charge in [0.15, 0.2) is 0 Å². The second-order valence-electron chi connectivity index (χ2n) is 17.5. The van der Waals surface area contributed by atoms with Crippen molar-refractivity contribution in [2.75, 3.05) is 4.90 Å². The van der Waals surface area contributed by atoms with Gasteiger partial charge in [0.05, 0.1) is 11.1 Å². The summed E-state index contributed by atoms with van der Waals surface area (Å²) in [4.78, 5) is 2.52. The fourth-order valence-corrected chi connectivity index (χ4v) is 10.4. The molecule has 1 nitrogen and oxygen atoms in total. The third kappa shape index (κ3) is 5.99. The van der Waals surface area contributed by atoms with Gasteiger partial charge in [-0.25, -0.2) is 0 Å². The fourth-order valence-electron chi connectivity index (χ4n) is 10.4. The van der Waals surface area contributed by atoms with Crippen LogP contribution in [0.5, 0.6) is 0 Å². The van der Waals surface area contributed by atoms with Gasteiger partial charge in [0.2, 0.25) is 0 Å². The van der Waals surface area contributed by atoms with E-state index in [9.17, 15) is 0 Å². The highest BCUT2D eigenvalue weighted by atomic mass is 15.1. The van der Waals surface area contributed by atoms with Crippen molar-refractivity contribution < 1.29 is 0 Å². The monoisotopic (exact) mass is 749 g/mol. The molecular formula is C57H51N. The second kappa shape index (κ2) is 14.6. The lowest BCUT2D eigenvalue weighted by atomic mass is 9.67. The van der Waals surface area contributed by atoms with Gasteiger partial charge in [-0.05, 0) is 115 Å². The summed E-state index contributed by atoms with van der Waals surface area (Å²) in [5.74, 6) is 0.592. The Morgan fingerprint density at radius 1 is 0.466 bits per heavy atom. The number of fused-ring (bicyclic) bond motifs is 4. The van der Waals surface area contributed by atoms with Crippen LogP contribution in [0.4, 0.5) is 17.1 Å². The van der Waals surface area contributed by atoms with E-state index < -0.39 is 5.41 Å². The van der Waals surface area contributed by atoms with Gasteiger partial charge in [0.1, 0.15) is 0 Å². The van der Waals surface area contributed by atoms with Gasteiger partial charge in [-0.1, -0.05) is 198 Å². The minimum absolute atomic E-state index is 0.0457. The molecule has 1 saturated carbocycles. The summed E-state index contributed by atoms with van der Waals surface area (Å²) in [6.45, 7) is 6.89. The molecule has 8 aromatic carbocycles. The van der Waals surface area contributed by atoms with Crippen LogP contribution in [-0.2, 0) is 10.8 Å². The number of hydrogen-bond donors (Lipinski definition) is 0. The summed E-state index contributed by atoms with van der Waals surface area (Å²) in [6.07, 6.45) is 6.51. The topological polar surface area (TPSA) is 3.24 Å². The first-order valence-corrected chi connectivity index (χ1v) is 21.3. The van der Waals surface area contributed by atoms with E-state index in [2.05, 4.69) is 214 Å². The summed E-state index contributed by atoms with van der Waals surface area (Å²) < 4.78 is 0. The molecule has 0 radical (unpaired) electrons. The van der Waals surface area contributed by atoms with E-state index >= 15 is 0 Å². The molecule has 8 aromatic rings.